The summed E-state index contributed by atoms with van der Waals surface area (Å²) in [7, 11) is 0. The van der Waals surface area contributed by atoms with E-state index in [4.69, 9.17) is 4.74 Å². The van der Waals surface area contributed by atoms with Gasteiger partial charge in [-0.2, -0.15) is 0 Å². The SMILES string of the molecule is C=CC1=C(C(=O)OC(c2ccccc2)c2ccccc2)N2C(=O)C(NC(=O)C(N=O)C(=O)CBr)C2SC1. The molecule has 9 nitrogen and oxygen atoms in total. The molecule has 3 atom stereocenters. The van der Waals surface area contributed by atoms with E-state index < -0.39 is 47.1 Å². The number of rotatable bonds is 10. The molecule has 0 aromatic heterocycles. The van der Waals surface area contributed by atoms with Crippen molar-refractivity contribution in [3.63, 3.8) is 0 Å². The topological polar surface area (TPSA) is 122 Å². The van der Waals surface area contributed by atoms with Gasteiger partial charge in [0.1, 0.15) is 17.1 Å². The largest absolute Gasteiger partial charge is 0.448 e. The van der Waals surface area contributed by atoms with Gasteiger partial charge in [0.05, 0.1) is 5.33 Å². The number of halogens is 1. The Morgan fingerprint density at radius 1 is 1.14 bits per heavy atom. The second-order valence-electron chi connectivity index (χ2n) is 8.19. The van der Waals surface area contributed by atoms with Crippen LogP contribution < -0.4 is 5.32 Å². The quantitative estimate of drug-likeness (QED) is 0.150. The highest BCUT2D eigenvalue weighted by molar-refractivity contribution is 9.09. The Morgan fingerprint density at radius 3 is 2.24 bits per heavy atom. The summed E-state index contributed by atoms with van der Waals surface area (Å²) in [4.78, 5) is 63.2. The van der Waals surface area contributed by atoms with Crippen LogP contribution in [0.2, 0.25) is 0 Å². The molecule has 0 spiro atoms. The number of alkyl halides is 1. The zero-order valence-electron chi connectivity index (χ0n) is 19.4. The lowest BCUT2D eigenvalue weighted by Crippen LogP contribution is -2.71. The van der Waals surface area contributed by atoms with Crippen molar-refractivity contribution in [3.05, 3.63) is 101 Å². The van der Waals surface area contributed by atoms with Gasteiger partial charge in [-0.05, 0) is 21.9 Å². The van der Waals surface area contributed by atoms with Crippen LogP contribution in [0.1, 0.15) is 17.2 Å². The lowest BCUT2D eigenvalue weighted by molar-refractivity contribution is -0.154. The van der Waals surface area contributed by atoms with E-state index in [1.807, 2.05) is 60.7 Å². The number of fused-ring (bicyclic) bond motifs is 1. The number of hydrogen-bond acceptors (Lipinski definition) is 8. The fourth-order valence-corrected chi connectivity index (χ4v) is 5.74. The minimum atomic E-state index is -1.77. The number of thioether (sulfide) groups is 1. The van der Waals surface area contributed by atoms with Gasteiger partial charge < -0.3 is 10.1 Å². The summed E-state index contributed by atoms with van der Waals surface area (Å²) >= 11 is 4.22. The average Bonchev–Trinajstić information content (AvgIpc) is 2.94. The predicted molar refractivity (Wildman–Crippen MR) is 141 cm³/mol. The first-order chi connectivity index (χ1) is 17.9. The van der Waals surface area contributed by atoms with Gasteiger partial charge in [-0.25, -0.2) is 4.79 Å². The third-order valence-corrected chi connectivity index (χ3v) is 7.81. The smallest absolute Gasteiger partial charge is 0.356 e. The van der Waals surface area contributed by atoms with Gasteiger partial charge in [-0.1, -0.05) is 89.2 Å². The van der Waals surface area contributed by atoms with E-state index in [1.165, 1.54) is 22.7 Å². The average molecular weight is 584 g/mol. The Bertz CT molecular complexity index is 1230. The fraction of sp³-hybridized carbons (Fsp3) is 0.231. The number of carbonyl (C=O) groups excluding carboxylic acids is 4. The van der Waals surface area contributed by atoms with Crippen LogP contribution >= 0.6 is 27.7 Å². The van der Waals surface area contributed by atoms with E-state index in [1.54, 1.807) is 0 Å². The van der Waals surface area contributed by atoms with Crippen molar-refractivity contribution in [2.45, 2.75) is 23.6 Å². The number of nitrogens with zero attached hydrogens (tertiary/aromatic N) is 2. The van der Waals surface area contributed by atoms with Gasteiger partial charge in [-0.3, -0.25) is 19.3 Å². The summed E-state index contributed by atoms with van der Waals surface area (Å²) in [5, 5.41) is 4.16. The molecule has 0 bridgehead atoms. The maximum atomic E-state index is 13.5. The number of benzene rings is 2. The number of nitrogens with one attached hydrogen (secondary N) is 1. The maximum absolute atomic E-state index is 13.5. The second kappa shape index (κ2) is 11.7. The second-order valence-corrected chi connectivity index (χ2v) is 9.85. The third-order valence-electron chi connectivity index (χ3n) is 5.96. The lowest BCUT2D eigenvalue weighted by atomic mass is 10.0. The Kier molecular flexibility index (Phi) is 8.34. The molecule has 0 radical (unpaired) electrons. The first kappa shape index (κ1) is 26.5. The van der Waals surface area contributed by atoms with Crippen LogP contribution in [0.4, 0.5) is 0 Å². The van der Waals surface area contributed by atoms with E-state index in [0.717, 1.165) is 11.1 Å². The molecule has 4 rings (SSSR count). The van der Waals surface area contributed by atoms with E-state index in [9.17, 15) is 24.1 Å². The molecule has 11 heteroatoms. The zero-order chi connectivity index (χ0) is 26.5. The molecule has 2 aliphatic heterocycles. The highest BCUT2D eigenvalue weighted by Crippen LogP contribution is 2.41. The van der Waals surface area contributed by atoms with Crippen molar-refractivity contribution in [2.24, 2.45) is 5.18 Å². The monoisotopic (exact) mass is 583 g/mol. The Hall–Kier alpha value is -3.57. The summed E-state index contributed by atoms with van der Waals surface area (Å²) in [5.41, 5.74) is 2.08. The van der Waals surface area contributed by atoms with Crippen LogP contribution in [-0.4, -0.2) is 57.0 Å². The summed E-state index contributed by atoms with van der Waals surface area (Å²) in [6.07, 6.45) is 0.781. The van der Waals surface area contributed by atoms with Gasteiger partial charge in [0.15, 0.2) is 11.9 Å². The highest BCUT2D eigenvalue weighted by atomic mass is 79.9. The number of esters is 1. The van der Waals surface area contributed by atoms with Gasteiger partial charge in [0.2, 0.25) is 6.04 Å². The first-order valence-corrected chi connectivity index (χ1v) is 13.4. The van der Waals surface area contributed by atoms with Gasteiger partial charge in [0, 0.05) is 5.75 Å². The summed E-state index contributed by atoms with van der Waals surface area (Å²) in [5.74, 6) is -2.62. The molecule has 1 fully saturated rings. The Balaban J connectivity index is 1.58. The normalized spacial score (nSPS) is 19.4. The number of amides is 2. The highest BCUT2D eigenvalue weighted by Gasteiger charge is 2.55. The summed E-state index contributed by atoms with van der Waals surface area (Å²) < 4.78 is 5.97. The van der Waals surface area contributed by atoms with E-state index in [0.29, 0.717) is 11.3 Å². The molecule has 37 heavy (non-hydrogen) atoms. The summed E-state index contributed by atoms with van der Waals surface area (Å²) in [6.45, 7) is 3.78. The Labute approximate surface area is 225 Å². The van der Waals surface area contributed by atoms with Crippen LogP contribution in [0.15, 0.2) is 89.8 Å². The number of carbonyl (C=O) groups is 4. The molecule has 190 valence electrons. The van der Waals surface area contributed by atoms with Gasteiger partial charge in [0.25, 0.3) is 11.8 Å². The Morgan fingerprint density at radius 2 is 1.73 bits per heavy atom. The number of Topliss-reactive ketones (excluding diaryl/α,β-unsaturated/α-hetero) is 1. The van der Waals surface area contributed by atoms with Crippen molar-refractivity contribution in [3.8, 4) is 0 Å². The zero-order valence-corrected chi connectivity index (χ0v) is 21.8. The first-order valence-electron chi connectivity index (χ1n) is 11.2. The number of β-lactam (4-membered cyclic amide) rings is 1. The number of ketones is 1. The van der Waals surface area contributed by atoms with Crippen LogP contribution in [0, 0.1) is 4.91 Å². The molecular weight excluding hydrogens is 562 g/mol. The van der Waals surface area contributed by atoms with Crippen molar-refractivity contribution in [1.82, 2.24) is 10.2 Å². The predicted octanol–water partition coefficient (Wildman–Crippen LogP) is 3.26. The van der Waals surface area contributed by atoms with Crippen molar-refractivity contribution in [1.29, 1.82) is 0 Å². The number of ether oxygens (including phenoxy) is 1. The van der Waals surface area contributed by atoms with E-state index >= 15 is 0 Å². The van der Waals surface area contributed by atoms with Crippen molar-refractivity contribution < 1.29 is 23.9 Å². The number of hydrogen-bond donors (Lipinski definition) is 1. The van der Waals surface area contributed by atoms with Crippen molar-refractivity contribution >= 4 is 51.3 Å². The van der Waals surface area contributed by atoms with E-state index in [2.05, 4.69) is 33.0 Å². The van der Waals surface area contributed by atoms with Crippen LogP contribution in [0.5, 0.6) is 0 Å². The molecule has 2 aromatic carbocycles. The maximum Gasteiger partial charge on any atom is 0.356 e. The van der Waals surface area contributed by atoms with Gasteiger partial charge in [-0.15, -0.1) is 16.7 Å². The standard InChI is InChI=1S/C26H22BrN3O6S/c1-2-15-14-37-25-20(28-23(32)19(29-35)18(31)13-27)24(33)30(25)21(15)26(34)36-22(16-9-5-3-6-10-16)17-11-7-4-8-12-17/h2-12,19-20,22,25H,1,13-14H2,(H,28,32). The molecule has 2 amide bonds. The molecule has 2 heterocycles. The number of allylic oxidation sites excluding steroid dienone is 1. The number of nitroso groups, excluding NO2 is 1. The van der Waals surface area contributed by atoms with Crippen molar-refractivity contribution in [2.75, 3.05) is 11.1 Å². The molecule has 3 unspecified atom stereocenters. The molecule has 1 N–H and O–H groups in total. The molecule has 2 aromatic rings. The molecule has 0 saturated carbocycles. The molecular formula is C26H22BrN3O6S. The van der Waals surface area contributed by atoms with Gasteiger partial charge >= 0.3 is 5.97 Å². The molecule has 2 aliphatic rings. The van der Waals surface area contributed by atoms with Crippen LogP contribution in [0.25, 0.3) is 0 Å². The third kappa shape index (κ3) is 5.28. The van der Waals surface area contributed by atoms with Crippen LogP contribution in [-0.2, 0) is 23.9 Å². The minimum absolute atomic E-state index is 0.0488. The van der Waals surface area contributed by atoms with E-state index in [-0.39, 0.29) is 11.0 Å². The summed E-state index contributed by atoms with van der Waals surface area (Å²) in [6, 6.07) is 15.7. The minimum Gasteiger partial charge on any atom is -0.448 e. The molecule has 1 saturated heterocycles. The van der Waals surface area contributed by atoms with Crippen LogP contribution in [0.3, 0.4) is 0 Å². The lowest BCUT2D eigenvalue weighted by Gasteiger charge is -2.49. The molecule has 0 aliphatic carbocycles. The fourth-order valence-electron chi connectivity index (χ4n) is 4.09.